The van der Waals surface area contributed by atoms with Crippen molar-refractivity contribution in [2.24, 2.45) is 5.92 Å². The Bertz CT molecular complexity index is 880. The van der Waals surface area contributed by atoms with Crippen LogP contribution in [0.5, 0.6) is 0 Å². The van der Waals surface area contributed by atoms with Crippen molar-refractivity contribution in [2.75, 3.05) is 6.61 Å². The Morgan fingerprint density at radius 2 is 1.83 bits per heavy atom. The fourth-order valence-corrected chi connectivity index (χ4v) is 3.62. The maximum Gasteiger partial charge on any atom is 0.313 e. The number of hydrogen-bond donors (Lipinski definition) is 0. The molecule has 158 valence electrons. The molecule has 0 bridgehead atoms. The van der Waals surface area contributed by atoms with Gasteiger partial charge in [-0.05, 0) is 24.5 Å². The van der Waals surface area contributed by atoms with Gasteiger partial charge in [-0.1, -0.05) is 72.3 Å². The normalized spacial score (nSPS) is 21.5. The van der Waals surface area contributed by atoms with E-state index in [9.17, 15) is 9.59 Å². The minimum Gasteiger partial charge on any atom is -0.393 e. The number of benzene rings is 2. The van der Waals surface area contributed by atoms with Crippen LogP contribution in [0.4, 0.5) is 0 Å². The first kappa shape index (κ1) is 22.2. The molecule has 1 fully saturated rings. The highest BCUT2D eigenvalue weighted by Crippen LogP contribution is 2.41. The van der Waals surface area contributed by atoms with Gasteiger partial charge in [-0.15, -0.1) is 0 Å². The van der Waals surface area contributed by atoms with Gasteiger partial charge in [0.1, 0.15) is 0 Å². The summed E-state index contributed by atoms with van der Waals surface area (Å²) in [5.41, 5.74) is 1.90. The molecule has 0 N–H and O–H groups in total. The predicted octanol–water partition coefficient (Wildman–Crippen LogP) is 5.56. The summed E-state index contributed by atoms with van der Waals surface area (Å²) < 4.78 is 16.9. The summed E-state index contributed by atoms with van der Waals surface area (Å²) in [7, 11) is 0. The Kier molecular flexibility index (Phi) is 8.20. The molecule has 0 amide bonds. The van der Waals surface area contributed by atoms with Gasteiger partial charge in [0.05, 0.1) is 12.7 Å². The second-order valence-electron chi connectivity index (χ2n) is 7.13. The van der Waals surface area contributed by atoms with Gasteiger partial charge in [0.2, 0.25) is 0 Å². The molecule has 1 saturated heterocycles. The largest absolute Gasteiger partial charge is 0.393 e. The van der Waals surface area contributed by atoms with E-state index < -0.39 is 18.2 Å². The van der Waals surface area contributed by atoms with Crippen molar-refractivity contribution in [1.82, 2.24) is 0 Å². The van der Waals surface area contributed by atoms with Crippen molar-refractivity contribution < 1.29 is 23.8 Å². The number of ether oxygens (including phenoxy) is 3. The number of halogens is 1. The Hall–Kier alpha value is -2.47. The predicted molar refractivity (Wildman–Crippen MR) is 114 cm³/mol. The lowest BCUT2D eigenvalue weighted by Crippen LogP contribution is -2.30. The third-order valence-electron chi connectivity index (χ3n) is 4.83. The van der Waals surface area contributed by atoms with E-state index in [1.54, 1.807) is 0 Å². The molecule has 3 rings (SSSR count). The average molecular weight is 429 g/mol. The minimum absolute atomic E-state index is 0.117. The SMILES string of the molecule is CC(=O)OC(=O)CC/C=C\CC1COC(c2ccccc2Cl)OC1c1ccccc1. The highest BCUT2D eigenvalue weighted by Gasteiger charge is 2.33. The number of esters is 2. The molecular formula is C24H25ClO5. The molecule has 0 aliphatic carbocycles. The molecule has 2 aromatic carbocycles. The van der Waals surface area contributed by atoms with Crippen molar-refractivity contribution >= 4 is 23.5 Å². The molecule has 0 aromatic heterocycles. The number of rotatable bonds is 7. The molecule has 3 unspecified atom stereocenters. The molecular weight excluding hydrogens is 404 g/mol. The molecule has 0 saturated carbocycles. The summed E-state index contributed by atoms with van der Waals surface area (Å²) in [6.45, 7) is 1.74. The third-order valence-corrected chi connectivity index (χ3v) is 5.17. The van der Waals surface area contributed by atoms with E-state index in [1.807, 2.05) is 66.7 Å². The van der Waals surface area contributed by atoms with Crippen LogP contribution in [-0.2, 0) is 23.8 Å². The summed E-state index contributed by atoms with van der Waals surface area (Å²) in [6.07, 6.45) is 4.69. The number of hydrogen-bond acceptors (Lipinski definition) is 5. The maximum absolute atomic E-state index is 11.4. The van der Waals surface area contributed by atoms with E-state index in [0.29, 0.717) is 18.1 Å². The first-order valence-electron chi connectivity index (χ1n) is 9.97. The summed E-state index contributed by atoms with van der Waals surface area (Å²) in [4.78, 5) is 22.2. The first-order chi connectivity index (χ1) is 14.5. The van der Waals surface area contributed by atoms with Gasteiger partial charge in [0.15, 0.2) is 6.29 Å². The van der Waals surface area contributed by atoms with Crippen molar-refractivity contribution in [3.05, 3.63) is 82.9 Å². The molecule has 6 heteroatoms. The second kappa shape index (κ2) is 11.1. The van der Waals surface area contributed by atoms with E-state index in [4.69, 9.17) is 21.1 Å². The highest BCUT2D eigenvalue weighted by atomic mass is 35.5. The van der Waals surface area contributed by atoms with Crippen molar-refractivity contribution in [1.29, 1.82) is 0 Å². The Morgan fingerprint density at radius 1 is 1.10 bits per heavy atom. The van der Waals surface area contributed by atoms with Gasteiger partial charge < -0.3 is 14.2 Å². The molecule has 1 aliphatic heterocycles. The van der Waals surface area contributed by atoms with Crippen LogP contribution in [-0.4, -0.2) is 18.5 Å². The number of allylic oxidation sites excluding steroid dienone is 2. The van der Waals surface area contributed by atoms with E-state index >= 15 is 0 Å². The van der Waals surface area contributed by atoms with Gasteiger partial charge >= 0.3 is 11.9 Å². The van der Waals surface area contributed by atoms with E-state index in [-0.39, 0.29) is 18.4 Å². The molecule has 0 spiro atoms. The lowest BCUT2D eigenvalue weighted by atomic mass is 9.92. The van der Waals surface area contributed by atoms with Crippen LogP contribution in [0, 0.1) is 5.92 Å². The quantitative estimate of drug-likeness (QED) is 0.328. The van der Waals surface area contributed by atoms with Crippen molar-refractivity contribution in [2.45, 2.75) is 38.6 Å². The third kappa shape index (κ3) is 6.26. The average Bonchev–Trinajstić information content (AvgIpc) is 2.74. The van der Waals surface area contributed by atoms with Crippen LogP contribution in [0.2, 0.25) is 5.02 Å². The van der Waals surface area contributed by atoms with Crippen molar-refractivity contribution in [3.63, 3.8) is 0 Å². The zero-order chi connectivity index (χ0) is 21.3. The summed E-state index contributed by atoms with van der Waals surface area (Å²) in [5, 5.41) is 0.616. The fourth-order valence-electron chi connectivity index (χ4n) is 3.40. The lowest BCUT2D eigenvalue weighted by molar-refractivity contribution is -0.243. The second-order valence-corrected chi connectivity index (χ2v) is 7.53. The minimum atomic E-state index is -0.584. The highest BCUT2D eigenvalue weighted by molar-refractivity contribution is 6.31. The molecule has 1 aliphatic rings. The van der Waals surface area contributed by atoms with Crippen LogP contribution < -0.4 is 0 Å². The van der Waals surface area contributed by atoms with E-state index in [1.165, 1.54) is 6.92 Å². The van der Waals surface area contributed by atoms with E-state index in [0.717, 1.165) is 17.5 Å². The molecule has 3 atom stereocenters. The lowest BCUT2D eigenvalue weighted by Gasteiger charge is -2.37. The molecule has 30 heavy (non-hydrogen) atoms. The first-order valence-corrected chi connectivity index (χ1v) is 10.3. The maximum atomic E-state index is 11.4. The fraction of sp³-hybridized carbons (Fsp3) is 0.333. The Balaban J connectivity index is 1.64. The van der Waals surface area contributed by atoms with Crippen LogP contribution in [0.1, 0.15) is 49.7 Å². The number of carbonyl (C=O) groups is 2. The standard InChI is InChI=1S/C24H25ClO5/c1-17(26)29-22(27)15-7-3-6-12-19-16-28-24(20-13-8-9-14-21(20)25)30-23(19)18-10-4-2-5-11-18/h2-6,8-11,13-14,19,23-24H,7,12,15-16H2,1H3/b6-3-. The van der Waals surface area contributed by atoms with Crippen molar-refractivity contribution in [3.8, 4) is 0 Å². The smallest absolute Gasteiger partial charge is 0.313 e. The summed E-state index contributed by atoms with van der Waals surface area (Å²) in [5.74, 6) is -0.980. The van der Waals surface area contributed by atoms with Gasteiger partial charge in [-0.2, -0.15) is 0 Å². The molecule has 5 nitrogen and oxygen atoms in total. The van der Waals surface area contributed by atoms with E-state index in [2.05, 4.69) is 4.74 Å². The van der Waals surface area contributed by atoms with Crippen LogP contribution in [0.15, 0.2) is 66.7 Å². The van der Waals surface area contributed by atoms with Gasteiger partial charge in [-0.3, -0.25) is 9.59 Å². The van der Waals surface area contributed by atoms with Crippen LogP contribution in [0.3, 0.4) is 0 Å². The topological polar surface area (TPSA) is 61.8 Å². The summed E-state index contributed by atoms with van der Waals surface area (Å²) in [6, 6.07) is 17.6. The zero-order valence-corrected chi connectivity index (χ0v) is 17.6. The van der Waals surface area contributed by atoms with Gasteiger partial charge in [0.25, 0.3) is 0 Å². The Labute approximate surface area is 181 Å². The monoisotopic (exact) mass is 428 g/mol. The van der Waals surface area contributed by atoms with Gasteiger partial charge in [0, 0.05) is 29.8 Å². The molecule has 1 heterocycles. The molecule has 2 aromatic rings. The zero-order valence-electron chi connectivity index (χ0n) is 16.8. The number of carbonyl (C=O) groups excluding carboxylic acids is 2. The summed E-state index contributed by atoms with van der Waals surface area (Å²) >= 11 is 6.33. The molecule has 0 radical (unpaired) electrons. The van der Waals surface area contributed by atoms with Crippen LogP contribution >= 0.6 is 11.6 Å². The Morgan fingerprint density at radius 3 is 2.57 bits per heavy atom. The van der Waals surface area contributed by atoms with Gasteiger partial charge in [-0.25, -0.2) is 0 Å². The van der Waals surface area contributed by atoms with Crippen LogP contribution in [0.25, 0.3) is 0 Å².